The Bertz CT molecular complexity index is 1050. The molecule has 4 rings (SSSR count). The fraction of sp³-hybridized carbons (Fsp3) is 0.355. The van der Waals surface area contributed by atoms with Gasteiger partial charge in [0.25, 0.3) is 0 Å². The van der Waals surface area contributed by atoms with E-state index in [0.717, 1.165) is 24.3 Å². The fourth-order valence-electron chi connectivity index (χ4n) is 5.68. The minimum atomic E-state index is -0.866. The second kappa shape index (κ2) is 11.6. The molecule has 0 N–H and O–H groups in total. The zero-order valence-electron chi connectivity index (χ0n) is 20.5. The van der Waals surface area contributed by atoms with Crippen molar-refractivity contribution >= 4 is 18.8 Å². The summed E-state index contributed by atoms with van der Waals surface area (Å²) in [5.41, 5.74) is 3.99. The molecule has 1 aliphatic rings. The van der Waals surface area contributed by atoms with Gasteiger partial charge in [-0.25, -0.2) is 4.79 Å². The summed E-state index contributed by atoms with van der Waals surface area (Å²) in [5.74, 6) is 0.142. The van der Waals surface area contributed by atoms with E-state index in [1.165, 1.54) is 36.0 Å². The molecule has 3 heteroatoms. The van der Waals surface area contributed by atoms with Gasteiger partial charge in [-0.1, -0.05) is 110 Å². The van der Waals surface area contributed by atoms with Crippen molar-refractivity contribution in [2.24, 2.45) is 0 Å². The maximum Gasteiger partial charge on any atom is 0.337 e. The zero-order valence-corrected chi connectivity index (χ0v) is 21.3. The molecule has 1 fully saturated rings. The molecule has 2 nitrogen and oxygen atoms in total. The number of hydrogen-bond donors (Lipinski definition) is 0. The summed E-state index contributed by atoms with van der Waals surface area (Å²) in [7, 11) is -0.866. The SMILES string of the molecule is CCOC(=O)C(C)=[P]1CCCCCCC(c2ccccc2)C1(c1ccccc1)c1ccccc1. The lowest BCUT2D eigenvalue weighted by molar-refractivity contribution is -0.134. The van der Waals surface area contributed by atoms with Gasteiger partial charge >= 0.3 is 5.97 Å². The molecule has 3 aromatic carbocycles. The third-order valence-electron chi connectivity index (χ3n) is 7.16. The number of carbonyl (C=O) groups is 1. The largest absolute Gasteiger partial charge is 0.462 e. The van der Waals surface area contributed by atoms with Crippen molar-refractivity contribution in [2.75, 3.05) is 12.8 Å². The minimum absolute atomic E-state index is 0.129. The summed E-state index contributed by atoms with van der Waals surface area (Å²) in [5, 5.41) is 0.604. The summed E-state index contributed by atoms with van der Waals surface area (Å²) in [6.07, 6.45) is 6.94. The van der Waals surface area contributed by atoms with Gasteiger partial charge in [-0.05, 0) is 49.5 Å². The van der Waals surface area contributed by atoms with Crippen LogP contribution in [0.2, 0.25) is 0 Å². The highest BCUT2D eigenvalue weighted by molar-refractivity contribution is 7.62. The Morgan fingerprint density at radius 2 is 1.35 bits per heavy atom. The van der Waals surface area contributed by atoms with Crippen LogP contribution in [0.4, 0.5) is 0 Å². The quantitative estimate of drug-likeness (QED) is 0.279. The van der Waals surface area contributed by atoms with Crippen molar-refractivity contribution in [3.8, 4) is 0 Å². The average Bonchev–Trinajstić information content (AvgIpc) is 2.99. The Balaban J connectivity index is 2.13. The van der Waals surface area contributed by atoms with E-state index in [1.807, 2.05) is 13.8 Å². The third-order valence-corrected chi connectivity index (χ3v) is 10.6. The lowest BCUT2D eigenvalue weighted by atomic mass is 9.74. The van der Waals surface area contributed by atoms with Crippen molar-refractivity contribution in [2.45, 2.75) is 57.0 Å². The maximum absolute atomic E-state index is 13.3. The number of ether oxygens (including phenoxy) is 1. The van der Waals surface area contributed by atoms with Crippen LogP contribution in [0.15, 0.2) is 91.0 Å². The van der Waals surface area contributed by atoms with Crippen molar-refractivity contribution in [1.82, 2.24) is 0 Å². The average molecular weight is 472 g/mol. The summed E-state index contributed by atoms with van der Waals surface area (Å²) in [6.45, 7) is 4.35. The highest BCUT2D eigenvalue weighted by Gasteiger charge is 2.46. The first kappa shape index (κ1) is 24.4. The van der Waals surface area contributed by atoms with E-state index in [4.69, 9.17) is 4.74 Å². The standard InChI is InChI=1S/C31H36O2P/c1-3-33-30(32)25(2)34-24-16-5-4-15-23-29(26-17-9-6-10-18-26)31(34,27-19-11-7-12-20-27)28-21-13-8-14-22-28/h6-14,17-22,29H,3-5,15-16,23-24H2,1-2H3. The van der Waals surface area contributed by atoms with Crippen LogP contribution in [0, 0.1) is 0 Å². The summed E-state index contributed by atoms with van der Waals surface area (Å²) in [6, 6.07) is 33.0. The molecule has 0 bridgehead atoms. The van der Waals surface area contributed by atoms with Crippen LogP contribution in [-0.2, 0) is 14.7 Å². The molecular weight excluding hydrogens is 435 g/mol. The van der Waals surface area contributed by atoms with E-state index in [1.54, 1.807) is 0 Å². The van der Waals surface area contributed by atoms with E-state index in [-0.39, 0.29) is 17.0 Å². The molecule has 0 amide bonds. The number of esters is 1. The number of benzene rings is 3. The molecule has 2 atom stereocenters. The second-order valence-corrected chi connectivity index (χ2v) is 11.8. The highest BCUT2D eigenvalue weighted by atomic mass is 31.1. The molecule has 0 saturated carbocycles. The lowest BCUT2D eigenvalue weighted by Crippen LogP contribution is -2.35. The van der Waals surface area contributed by atoms with Gasteiger partial charge in [0.05, 0.1) is 17.1 Å². The molecule has 0 spiro atoms. The topological polar surface area (TPSA) is 26.3 Å². The lowest BCUT2D eigenvalue weighted by Gasteiger charge is -2.45. The minimum Gasteiger partial charge on any atom is -0.462 e. The van der Waals surface area contributed by atoms with Gasteiger partial charge in [-0.2, -0.15) is 0 Å². The van der Waals surface area contributed by atoms with Crippen LogP contribution >= 0.6 is 7.55 Å². The van der Waals surface area contributed by atoms with Crippen LogP contribution in [0.1, 0.15) is 68.6 Å². The van der Waals surface area contributed by atoms with Crippen LogP contribution < -0.4 is 0 Å². The first-order chi connectivity index (χ1) is 16.7. The van der Waals surface area contributed by atoms with E-state index in [9.17, 15) is 4.79 Å². The Labute approximate surface area is 205 Å². The van der Waals surface area contributed by atoms with Crippen LogP contribution in [0.25, 0.3) is 0 Å². The molecule has 0 aliphatic carbocycles. The second-order valence-electron chi connectivity index (χ2n) is 9.12. The number of rotatable bonds is 5. The zero-order chi connectivity index (χ0) is 23.8. The van der Waals surface area contributed by atoms with Crippen molar-refractivity contribution in [1.29, 1.82) is 0 Å². The van der Waals surface area contributed by atoms with Gasteiger partial charge in [0.2, 0.25) is 0 Å². The summed E-state index contributed by atoms with van der Waals surface area (Å²) in [4.78, 5) is 13.3. The number of carbonyl (C=O) groups excluding carboxylic acids is 1. The highest BCUT2D eigenvalue weighted by Crippen LogP contribution is 2.63. The van der Waals surface area contributed by atoms with Crippen LogP contribution in [0.5, 0.6) is 0 Å². The Morgan fingerprint density at radius 1 is 0.824 bits per heavy atom. The van der Waals surface area contributed by atoms with Gasteiger partial charge in [-0.15, -0.1) is 7.55 Å². The Morgan fingerprint density at radius 3 is 1.91 bits per heavy atom. The van der Waals surface area contributed by atoms with Crippen molar-refractivity contribution in [3.63, 3.8) is 0 Å². The van der Waals surface area contributed by atoms with Gasteiger partial charge in [-0.3, -0.25) is 0 Å². The predicted molar refractivity (Wildman–Crippen MR) is 145 cm³/mol. The molecule has 3 aromatic rings. The monoisotopic (exact) mass is 471 g/mol. The Kier molecular flexibility index (Phi) is 8.35. The normalized spacial score (nSPS) is 19.9. The Hall–Kier alpha value is -2.70. The van der Waals surface area contributed by atoms with Crippen LogP contribution in [0.3, 0.4) is 0 Å². The van der Waals surface area contributed by atoms with Gasteiger partial charge in [0.1, 0.15) is 0 Å². The number of hydrogen-bond acceptors (Lipinski definition) is 2. The molecule has 34 heavy (non-hydrogen) atoms. The third kappa shape index (κ3) is 4.89. The first-order valence-corrected chi connectivity index (χ1v) is 14.2. The molecule has 1 radical (unpaired) electrons. The van der Waals surface area contributed by atoms with Gasteiger partial charge in [0.15, 0.2) is 0 Å². The molecule has 177 valence electrons. The van der Waals surface area contributed by atoms with E-state index >= 15 is 0 Å². The van der Waals surface area contributed by atoms with Crippen molar-refractivity contribution < 1.29 is 9.53 Å². The van der Waals surface area contributed by atoms with Gasteiger partial charge < -0.3 is 4.74 Å². The molecule has 1 aliphatic heterocycles. The predicted octanol–water partition coefficient (Wildman–Crippen LogP) is 7.92. The van der Waals surface area contributed by atoms with E-state index in [2.05, 4.69) is 91.0 Å². The smallest absolute Gasteiger partial charge is 0.337 e. The molecule has 1 saturated heterocycles. The molecular formula is C31H36O2P. The van der Waals surface area contributed by atoms with E-state index < -0.39 is 7.55 Å². The summed E-state index contributed by atoms with van der Waals surface area (Å²) < 4.78 is 5.61. The van der Waals surface area contributed by atoms with E-state index in [0.29, 0.717) is 6.61 Å². The first-order valence-electron chi connectivity index (χ1n) is 12.6. The fourth-order valence-corrected chi connectivity index (χ4v) is 9.30. The summed E-state index contributed by atoms with van der Waals surface area (Å²) >= 11 is 0. The van der Waals surface area contributed by atoms with Crippen molar-refractivity contribution in [3.05, 3.63) is 108 Å². The van der Waals surface area contributed by atoms with Gasteiger partial charge in [0, 0.05) is 5.92 Å². The van der Waals surface area contributed by atoms with Crippen LogP contribution in [-0.4, -0.2) is 24.0 Å². The maximum atomic E-state index is 13.3. The molecule has 1 heterocycles. The molecule has 0 aromatic heterocycles. The molecule has 2 unspecified atom stereocenters.